The van der Waals surface area contributed by atoms with Crippen LogP contribution in [0.5, 0.6) is 0 Å². The van der Waals surface area contributed by atoms with Gasteiger partial charge < -0.3 is 14.2 Å². The van der Waals surface area contributed by atoms with Crippen LogP contribution >= 0.6 is 0 Å². The normalized spacial score (nSPS) is 23.6. The predicted octanol–water partition coefficient (Wildman–Crippen LogP) is 4.05. The second-order valence-corrected chi connectivity index (χ2v) is 10.6. The maximum Gasteiger partial charge on any atom is 0.412 e. The fourth-order valence-electron chi connectivity index (χ4n) is 4.88. The topological polar surface area (TPSA) is 103 Å². The molecule has 184 valence electrons. The van der Waals surface area contributed by atoms with E-state index in [1.807, 2.05) is 60.7 Å². The largest absolute Gasteiger partial charge is 0.441 e. The van der Waals surface area contributed by atoms with Crippen molar-refractivity contribution in [3.8, 4) is 0 Å². The van der Waals surface area contributed by atoms with Gasteiger partial charge in [0.2, 0.25) is 10.0 Å². The summed E-state index contributed by atoms with van der Waals surface area (Å²) in [6.07, 6.45) is -2.40. The van der Waals surface area contributed by atoms with Crippen LogP contribution in [0.15, 0.2) is 89.8 Å². The van der Waals surface area contributed by atoms with Gasteiger partial charge in [0, 0.05) is 5.39 Å². The molecular formula is C27H24N2O6S. The molecule has 2 fully saturated rings. The van der Waals surface area contributed by atoms with Gasteiger partial charge >= 0.3 is 6.09 Å². The number of sulfonamides is 1. The third-order valence-corrected chi connectivity index (χ3v) is 8.12. The maximum absolute atomic E-state index is 13.1. The molecule has 2 N–H and O–H groups in total. The molecule has 0 radical (unpaired) electrons. The van der Waals surface area contributed by atoms with Crippen molar-refractivity contribution in [3.63, 3.8) is 0 Å². The van der Waals surface area contributed by atoms with Crippen molar-refractivity contribution < 1.29 is 27.4 Å². The van der Waals surface area contributed by atoms with E-state index in [1.165, 1.54) is 0 Å². The van der Waals surface area contributed by atoms with E-state index >= 15 is 0 Å². The molecular weight excluding hydrogens is 480 g/mol. The Hall–Kier alpha value is -3.50. The minimum absolute atomic E-state index is 0.118. The van der Waals surface area contributed by atoms with Crippen molar-refractivity contribution in [2.45, 2.75) is 29.2 Å². The summed E-state index contributed by atoms with van der Waals surface area (Å²) in [5.41, 5.74) is 0.641. The van der Waals surface area contributed by atoms with Crippen LogP contribution in [0.2, 0.25) is 0 Å². The van der Waals surface area contributed by atoms with Crippen molar-refractivity contribution in [3.05, 3.63) is 84.9 Å². The van der Waals surface area contributed by atoms with Crippen LogP contribution in [0.4, 0.5) is 10.5 Å². The van der Waals surface area contributed by atoms with Gasteiger partial charge in [0.15, 0.2) is 6.10 Å². The first-order chi connectivity index (χ1) is 17.5. The van der Waals surface area contributed by atoms with Crippen molar-refractivity contribution in [2.75, 3.05) is 18.5 Å². The second-order valence-electron chi connectivity index (χ2n) is 8.93. The number of rotatable bonds is 5. The van der Waals surface area contributed by atoms with Crippen LogP contribution < -0.4 is 10.0 Å². The lowest BCUT2D eigenvalue weighted by Gasteiger charge is -2.18. The Morgan fingerprint density at radius 3 is 2.39 bits per heavy atom. The number of carbonyl (C=O) groups is 1. The van der Waals surface area contributed by atoms with E-state index in [9.17, 15) is 13.2 Å². The number of hydrogen-bond donors (Lipinski definition) is 2. The zero-order valence-corrected chi connectivity index (χ0v) is 20.0. The summed E-state index contributed by atoms with van der Waals surface area (Å²) in [5.74, 6) is 0. The molecule has 2 saturated heterocycles. The van der Waals surface area contributed by atoms with Gasteiger partial charge in [-0.15, -0.1) is 0 Å². The number of benzene rings is 4. The third kappa shape index (κ3) is 4.31. The first-order valence-corrected chi connectivity index (χ1v) is 13.2. The van der Waals surface area contributed by atoms with E-state index in [0.29, 0.717) is 5.69 Å². The molecule has 2 aliphatic heterocycles. The lowest BCUT2D eigenvalue weighted by molar-refractivity contribution is 0.00884. The SMILES string of the molecule is O=C(Nc1cccc2ccccc12)O[C@@H]1CO[C@H]2[C@H]1OC[C@H]2NS(=O)(=O)c1ccc2ccccc2c1. The minimum atomic E-state index is -3.81. The molecule has 4 aromatic carbocycles. The highest BCUT2D eigenvalue weighted by Gasteiger charge is 2.50. The highest BCUT2D eigenvalue weighted by atomic mass is 32.2. The Labute approximate surface area is 208 Å². The minimum Gasteiger partial charge on any atom is -0.441 e. The molecule has 1 amide bonds. The van der Waals surface area contributed by atoms with E-state index in [2.05, 4.69) is 10.0 Å². The van der Waals surface area contributed by atoms with E-state index in [0.717, 1.165) is 21.5 Å². The van der Waals surface area contributed by atoms with Crippen molar-refractivity contribution in [1.29, 1.82) is 0 Å². The Morgan fingerprint density at radius 2 is 1.53 bits per heavy atom. The highest BCUT2D eigenvalue weighted by molar-refractivity contribution is 7.89. The Bertz CT molecular complexity index is 1550. The number of fused-ring (bicyclic) bond motifs is 3. The summed E-state index contributed by atoms with van der Waals surface area (Å²) in [5, 5.41) is 6.49. The summed E-state index contributed by atoms with van der Waals surface area (Å²) in [4.78, 5) is 12.8. The molecule has 8 nitrogen and oxygen atoms in total. The molecule has 0 bridgehead atoms. The summed E-state index contributed by atoms with van der Waals surface area (Å²) in [6.45, 7) is 0.236. The van der Waals surface area contributed by atoms with Crippen LogP contribution in [0.3, 0.4) is 0 Å². The average Bonchev–Trinajstić information content (AvgIpc) is 3.47. The monoisotopic (exact) mass is 504 g/mol. The first kappa shape index (κ1) is 22.9. The van der Waals surface area contributed by atoms with Gasteiger partial charge in [-0.3, -0.25) is 5.32 Å². The molecule has 0 aliphatic carbocycles. The molecule has 2 aliphatic rings. The van der Waals surface area contributed by atoms with Gasteiger partial charge in [-0.2, -0.15) is 0 Å². The highest BCUT2D eigenvalue weighted by Crippen LogP contribution is 2.31. The average molecular weight is 505 g/mol. The van der Waals surface area contributed by atoms with Crippen molar-refractivity contribution >= 4 is 43.3 Å². The molecule has 0 aromatic heterocycles. The van der Waals surface area contributed by atoms with Gasteiger partial charge in [-0.25, -0.2) is 17.9 Å². The van der Waals surface area contributed by atoms with Crippen LogP contribution in [0.1, 0.15) is 0 Å². The molecule has 2 heterocycles. The van der Waals surface area contributed by atoms with E-state index in [-0.39, 0.29) is 18.1 Å². The zero-order chi connectivity index (χ0) is 24.7. The number of carbonyl (C=O) groups excluding carboxylic acids is 1. The Balaban J connectivity index is 1.11. The van der Waals surface area contributed by atoms with E-state index in [1.54, 1.807) is 24.3 Å². The molecule has 36 heavy (non-hydrogen) atoms. The van der Waals surface area contributed by atoms with Crippen LogP contribution in [-0.2, 0) is 24.2 Å². The summed E-state index contributed by atoms with van der Waals surface area (Å²) in [6, 6.07) is 25.3. The standard InChI is InChI=1S/C27H24N2O6S/c30-27(28-22-11-5-9-18-7-3-4-10-21(18)22)35-24-16-34-25-23(15-33-26(24)25)29-36(31,32)20-13-12-17-6-1-2-8-19(17)14-20/h1-14,23-26,29H,15-16H2,(H,28,30)/t23-,24-,25-,26+/m1/s1. The molecule has 0 saturated carbocycles. The number of hydrogen-bond acceptors (Lipinski definition) is 6. The van der Waals surface area contributed by atoms with Gasteiger partial charge in [0.1, 0.15) is 12.2 Å². The predicted molar refractivity (Wildman–Crippen MR) is 135 cm³/mol. The fraction of sp³-hybridized carbons (Fsp3) is 0.222. The van der Waals surface area contributed by atoms with E-state index in [4.69, 9.17) is 14.2 Å². The van der Waals surface area contributed by atoms with Crippen LogP contribution in [0, 0.1) is 0 Å². The lowest BCUT2D eigenvalue weighted by Crippen LogP contribution is -2.44. The van der Waals surface area contributed by atoms with Gasteiger partial charge in [-0.1, -0.05) is 66.7 Å². The fourth-order valence-corrected chi connectivity index (χ4v) is 6.15. The van der Waals surface area contributed by atoms with Gasteiger partial charge in [-0.05, 0) is 34.4 Å². The van der Waals surface area contributed by atoms with Crippen LogP contribution in [0.25, 0.3) is 21.5 Å². The Morgan fingerprint density at radius 1 is 0.806 bits per heavy atom. The Kier molecular flexibility index (Phi) is 5.85. The summed E-state index contributed by atoms with van der Waals surface area (Å²) >= 11 is 0. The summed E-state index contributed by atoms with van der Waals surface area (Å²) < 4.78 is 46.1. The van der Waals surface area contributed by atoms with Crippen LogP contribution in [-0.4, -0.2) is 52.1 Å². The van der Waals surface area contributed by atoms with E-state index < -0.39 is 40.5 Å². The van der Waals surface area contributed by atoms with Gasteiger partial charge in [0.25, 0.3) is 0 Å². The molecule has 4 atom stereocenters. The van der Waals surface area contributed by atoms with Crippen molar-refractivity contribution in [1.82, 2.24) is 4.72 Å². The first-order valence-electron chi connectivity index (χ1n) is 11.7. The molecule has 0 unspecified atom stereocenters. The molecule has 9 heteroatoms. The zero-order valence-electron chi connectivity index (χ0n) is 19.2. The molecule has 0 spiro atoms. The van der Waals surface area contributed by atoms with Crippen molar-refractivity contribution in [2.24, 2.45) is 0 Å². The lowest BCUT2D eigenvalue weighted by atomic mass is 10.1. The molecule has 4 aromatic rings. The molecule has 6 rings (SSSR count). The number of nitrogens with one attached hydrogen (secondary N) is 2. The quantitative estimate of drug-likeness (QED) is 0.425. The number of anilines is 1. The second kappa shape index (κ2) is 9.18. The van der Waals surface area contributed by atoms with Gasteiger partial charge in [0.05, 0.1) is 29.8 Å². The summed E-state index contributed by atoms with van der Waals surface area (Å²) in [7, 11) is -3.81. The smallest absolute Gasteiger partial charge is 0.412 e. The third-order valence-electron chi connectivity index (χ3n) is 6.63. The maximum atomic E-state index is 13.1. The number of ether oxygens (including phenoxy) is 3. The number of amides is 1.